The molecule has 5 rings (SSSR count). The van der Waals surface area contributed by atoms with E-state index in [1.54, 1.807) is 90.1 Å². The number of benzene rings is 2. The van der Waals surface area contributed by atoms with Crippen molar-refractivity contribution in [3.8, 4) is 5.69 Å². The van der Waals surface area contributed by atoms with Gasteiger partial charge in [-0.3, -0.25) is 0 Å². The Morgan fingerprint density at radius 2 is 1.07 bits per heavy atom. The van der Waals surface area contributed by atoms with Gasteiger partial charge in [-0.25, -0.2) is 52.7 Å². The molecule has 18 heteroatoms. The van der Waals surface area contributed by atoms with E-state index in [0.717, 1.165) is 11.1 Å². The molecule has 0 bridgehead atoms. The van der Waals surface area contributed by atoms with Crippen molar-refractivity contribution in [1.82, 2.24) is 13.7 Å². The summed E-state index contributed by atoms with van der Waals surface area (Å²) in [5, 5.41) is 32.0. The maximum absolute atomic E-state index is 12.1. The van der Waals surface area contributed by atoms with Crippen LogP contribution in [0.1, 0.15) is 97.7 Å². The normalized spacial score (nSPS) is 12.1. The summed E-state index contributed by atoms with van der Waals surface area (Å²) in [5.41, 5.74) is 2.97. The Morgan fingerprint density at radius 3 is 1.49 bits per heavy atom. The van der Waals surface area contributed by atoms with E-state index in [-0.39, 0.29) is 49.8 Å². The molecule has 1 unspecified atom stereocenters. The molecule has 0 aliphatic carbocycles. The Balaban J connectivity index is 0.000000846. The zero-order chi connectivity index (χ0) is 42.2. The molecule has 0 N–H and O–H groups in total. The van der Waals surface area contributed by atoms with Crippen LogP contribution in [0.25, 0.3) is 5.69 Å². The van der Waals surface area contributed by atoms with Gasteiger partial charge < -0.3 is 15.3 Å². The average Bonchev–Trinajstić information content (AvgIpc) is 3.89. The summed E-state index contributed by atoms with van der Waals surface area (Å²) in [6.45, 7) is 12.0. The number of aromatic nitrogens is 6. The minimum Gasteiger partial charge on any atom is -0.843 e. The quantitative estimate of drug-likeness (QED) is 0.159. The largest absolute Gasteiger partial charge is 0.843 e. The Kier molecular flexibility index (Phi) is 21.3. The minimum atomic E-state index is -3.81. The lowest BCUT2D eigenvalue weighted by atomic mass is 10.0. The molecule has 0 saturated heterocycles. The molecule has 0 saturated carbocycles. The Labute approximate surface area is 353 Å². The van der Waals surface area contributed by atoms with Gasteiger partial charge in [-0.15, -0.1) is 0 Å². The maximum Gasteiger partial charge on any atom is 0.248 e. The molecular weight excluding hydrogens is 817 g/mol. The maximum atomic E-state index is 12.1. The Morgan fingerprint density at radius 1 is 0.593 bits per heavy atom. The molecule has 3 heterocycles. The number of rotatable bonds is 13. The van der Waals surface area contributed by atoms with Gasteiger partial charge in [0.25, 0.3) is 0 Å². The molecule has 0 fully saturated rings. The second kappa shape index (κ2) is 23.0. The standard InChI is InChI=1S/C15H20N2O3S.C14H18N2O3S.C9H16N2O3S.3CH4/c1-12(2)13-4-5-14(9-17-7-6-16(3)10-17)15(8-13)21(19,20)11-18;1-11(2)12-4-5-13(16-7-6-15(3)9-16)14(8-12)20(18,19)10-17;1-8(2)9(15(13,14)7-12)11-5-4-10(3)6-11;;;/h4-8,10,12H,9,11H2,1-3H3;4-9,11H,10H2,1-3H3;4-6,8-9H,7H2,1-3H3;3*1H4. The van der Waals surface area contributed by atoms with E-state index in [1.807, 2.05) is 92.5 Å². The fourth-order valence-electron chi connectivity index (χ4n) is 5.85. The highest BCUT2D eigenvalue weighted by atomic mass is 32.2. The van der Waals surface area contributed by atoms with Crippen LogP contribution < -0.4 is 29.0 Å². The zero-order valence-electron chi connectivity index (χ0n) is 33.4. The van der Waals surface area contributed by atoms with Gasteiger partial charge in [0, 0.05) is 11.5 Å². The highest BCUT2D eigenvalue weighted by Crippen LogP contribution is 2.27. The van der Waals surface area contributed by atoms with Gasteiger partial charge in [-0.1, -0.05) is 82.0 Å². The van der Waals surface area contributed by atoms with Crippen LogP contribution in [0.4, 0.5) is 0 Å². The first-order valence-electron chi connectivity index (χ1n) is 17.8. The molecule has 0 aliphatic rings. The third-order valence-corrected chi connectivity index (χ3v) is 13.3. The smallest absolute Gasteiger partial charge is 0.248 e. The molecule has 1 atom stereocenters. The monoisotopic (exact) mass is 882 g/mol. The SMILES string of the molecule is C.C.C.CC(C)C(n1cc[n+](C)c1)S(=O)(=O)C[O-].CC(C)c1ccc(-n2cc[n+](C)c2)c(S(=O)(=O)C[O-])c1.CC(C)c1ccc(Cn2cc[n+](C)c2)c(S(=O)(=O)C[O-])c1. The third kappa shape index (κ3) is 14.5. The van der Waals surface area contributed by atoms with E-state index in [9.17, 15) is 40.6 Å². The molecule has 3 aromatic heterocycles. The van der Waals surface area contributed by atoms with Crippen molar-refractivity contribution in [1.29, 1.82) is 0 Å². The summed E-state index contributed by atoms with van der Waals surface area (Å²) in [6.07, 6.45) is 16.0. The number of imidazole rings is 3. The second-order valence-corrected chi connectivity index (χ2v) is 20.4. The van der Waals surface area contributed by atoms with Gasteiger partial charge in [-0.05, 0) is 59.0 Å². The number of hydrogen-bond donors (Lipinski definition) is 0. The lowest BCUT2D eigenvalue weighted by Crippen LogP contribution is -2.32. The van der Waals surface area contributed by atoms with E-state index in [0.29, 0.717) is 17.8 Å². The summed E-state index contributed by atoms with van der Waals surface area (Å²) in [6, 6.07) is 10.6. The lowest BCUT2D eigenvalue weighted by molar-refractivity contribution is -0.671. The first-order valence-corrected chi connectivity index (χ1v) is 22.8. The first-order chi connectivity index (χ1) is 26.1. The Hall–Kier alpha value is -4.20. The van der Waals surface area contributed by atoms with Crippen LogP contribution in [-0.4, -0.2) is 56.8 Å². The lowest BCUT2D eigenvalue weighted by Gasteiger charge is -2.19. The molecule has 0 amide bonds. The predicted molar refractivity (Wildman–Crippen MR) is 224 cm³/mol. The van der Waals surface area contributed by atoms with Gasteiger partial charge in [0.2, 0.25) is 24.4 Å². The van der Waals surface area contributed by atoms with Crippen LogP contribution in [0.3, 0.4) is 0 Å². The first kappa shape index (κ1) is 54.8. The molecule has 59 heavy (non-hydrogen) atoms. The highest BCUT2D eigenvalue weighted by molar-refractivity contribution is 7.91. The molecule has 0 aliphatic heterocycles. The highest BCUT2D eigenvalue weighted by Gasteiger charge is 2.31. The van der Waals surface area contributed by atoms with Crippen molar-refractivity contribution >= 4 is 29.5 Å². The molecule has 332 valence electrons. The fraction of sp³-hybridized carbons (Fsp3) is 0.488. The third-order valence-electron chi connectivity index (χ3n) is 8.80. The van der Waals surface area contributed by atoms with Gasteiger partial charge in [0.1, 0.15) is 48.6 Å². The van der Waals surface area contributed by atoms with Gasteiger partial charge in [-0.2, -0.15) is 0 Å². The van der Waals surface area contributed by atoms with Crippen molar-refractivity contribution in [2.45, 2.75) is 97.4 Å². The van der Waals surface area contributed by atoms with E-state index < -0.39 is 52.7 Å². The van der Waals surface area contributed by atoms with E-state index in [2.05, 4.69) is 0 Å². The summed E-state index contributed by atoms with van der Waals surface area (Å²) >= 11 is 0. The molecule has 0 radical (unpaired) electrons. The van der Waals surface area contributed by atoms with Crippen LogP contribution in [0.2, 0.25) is 0 Å². The molecule has 15 nitrogen and oxygen atoms in total. The van der Waals surface area contributed by atoms with Gasteiger partial charge in [0.05, 0.1) is 26.0 Å². The van der Waals surface area contributed by atoms with Crippen LogP contribution in [0.5, 0.6) is 0 Å². The Bertz CT molecular complexity index is 2400. The van der Waals surface area contributed by atoms with Gasteiger partial charge >= 0.3 is 0 Å². The van der Waals surface area contributed by atoms with Crippen LogP contribution in [0.15, 0.2) is 102 Å². The van der Waals surface area contributed by atoms with E-state index in [4.69, 9.17) is 0 Å². The topological polar surface area (TPSA) is 198 Å². The van der Waals surface area contributed by atoms with Crippen LogP contribution >= 0.6 is 0 Å². The molecular formula is C41H66N6O9S3. The number of nitrogens with zero attached hydrogens (tertiary/aromatic N) is 6. The van der Waals surface area contributed by atoms with Crippen LogP contribution in [-0.2, 0) is 57.2 Å². The average molecular weight is 883 g/mol. The van der Waals surface area contributed by atoms with E-state index >= 15 is 0 Å². The van der Waals surface area contributed by atoms with Gasteiger partial charge in [0.15, 0.2) is 35.2 Å². The minimum absolute atomic E-state index is 0. The van der Waals surface area contributed by atoms with E-state index in [1.165, 1.54) is 0 Å². The van der Waals surface area contributed by atoms with Crippen LogP contribution in [0, 0.1) is 5.92 Å². The van der Waals surface area contributed by atoms with Crippen molar-refractivity contribution in [2.24, 2.45) is 27.1 Å². The van der Waals surface area contributed by atoms with Crippen molar-refractivity contribution in [3.63, 3.8) is 0 Å². The summed E-state index contributed by atoms with van der Waals surface area (Å²) in [5.74, 6) is -3.06. The number of sulfone groups is 3. The summed E-state index contributed by atoms with van der Waals surface area (Å²) in [4.78, 5) is 0.245. The predicted octanol–water partition coefficient (Wildman–Crippen LogP) is 2.20. The molecule has 0 spiro atoms. The van der Waals surface area contributed by atoms with Crippen molar-refractivity contribution in [2.75, 3.05) is 17.8 Å². The zero-order valence-corrected chi connectivity index (χ0v) is 35.8. The number of aryl methyl sites for hydroxylation is 3. The molecule has 2 aromatic carbocycles. The summed E-state index contributed by atoms with van der Waals surface area (Å²) in [7, 11) is -5.64. The molecule has 5 aromatic rings. The number of hydrogen-bond acceptors (Lipinski definition) is 9. The van der Waals surface area contributed by atoms with Crippen molar-refractivity contribution < 1.29 is 54.3 Å². The summed E-state index contributed by atoms with van der Waals surface area (Å²) < 4.78 is 82.0. The second-order valence-electron chi connectivity index (χ2n) is 14.5. The fourth-order valence-corrected chi connectivity index (χ4v) is 9.22. The van der Waals surface area contributed by atoms with Crippen molar-refractivity contribution in [3.05, 3.63) is 109 Å².